The molecule has 2 heterocycles. The Hall–Kier alpha value is -1.69. The van der Waals surface area contributed by atoms with Crippen LogP contribution in [0.5, 0.6) is 0 Å². The maximum Gasteiger partial charge on any atom is 0.308 e. The van der Waals surface area contributed by atoms with E-state index < -0.39 is 0 Å². The normalized spacial score (nSPS) is 23.4. The van der Waals surface area contributed by atoms with Crippen molar-refractivity contribution in [3.63, 3.8) is 0 Å². The number of methoxy groups -OCH3 is 1. The van der Waals surface area contributed by atoms with Crippen molar-refractivity contribution < 1.29 is 14.3 Å². The van der Waals surface area contributed by atoms with Gasteiger partial charge >= 0.3 is 5.97 Å². The lowest BCUT2D eigenvalue weighted by Gasteiger charge is -2.30. The first-order chi connectivity index (χ1) is 12.1. The van der Waals surface area contributed by atoms with Crippen LogP contribution in [0.4, 0.5) is 0 Å². The molecule has 3 atom stereocenters. The molecule has 0 bridgehead atoms. The summed E-state index contributed by atoms with van der Waals surface area (Å²) in [5, 5.41) is 6.34. The van der Waals surface area contributed by atoms with E-state index in [0.29, 0.717) is 25.3 Å². The number of amides is 1. The Balaban J connectivity index is 1.55. The molecular formula is C19H31N3O3. The van der Waals surface area contributed by atoms with E-state index in [1.54, 1.807) is 0 Å². The predicted octanol–water partition coefficient (Wildman–Crippen LogP) is 2.20. The molecule has 0 aromatic heterocycles. The summed E-state index contributed by atoms with van der Waals surface area (Å²) in [6.07, 6.45) is 11.0. The van der Waals surface area contributed by atoms with Gasteiger partial charge in [0.05, 0.1) is 13.0 Å². The van der Waals surface area contributed by atoms with E-state index >= 15 is 0 Å². The number of rotatable bonds is 9. The average Bonchev–Trinajstić information content (AvgIpc) is 2.64. The fourth-order valence-corrected chi connectivity index (χ4v) is 3.27. The van der Waals surface area contributed by atoms with E-state index in [1.165, 1.54) is 20.0 Å². The van der Waals surface area contributed by atoms with E-state index in [2.05, 4.69) is 27.5 Å². The number of dihydropyridines is 1. The summed E-state index contributed by atoms with van der Waals surface area (Å²) in [7, 11) is 1.38. The third-order valence-corrected chi connectivity index (χ3v) is 4.90. The lowest BCUT2D eigenvalue weighted by atomic mass is 9.92. The van der Waals surface area contributed by atoms with Crippen molar-refractivity contribution in [2.24, 2.45) is 16.8 Å². The Morgan fingerprint density at radius 2 is 2.28 bits per heavy atom. The Morgan fingerprint density at radius 1 is 1.44 bits per heavy atom. The second kappa shape index (κ2) is 10.3. The molecule has 1 amide bonds. The standard InChI is InChI=1S/C19H31N3O3/c1-14(19(24)25-2)11-13-20-17(23)8-4-3-7-16-10-9-15-6-5-12-21-18(15)22-16/h9-10,14-15,18,21H,3-8,11-13H2,1-2H3,(H,20,23)/t14?,15?,18-/m1/s1. The molecule has 2 aliphatic rings. The molecule has 2 N–H and O–H groups in total. The molecule has 1 saturated heterocycles. The van der Waals surface area contributed by atoms with Crippen LogP contribution in [0.3, 0.4) is 0 Å². The van der Waals surface area contributed by atoms with Crippen LogP contribution in [0.1, 0.15) is 51.9 Å². The number of allylic oxidation sites excluding steroid dienone is 1. The SMILES string of the molecule is COC(=O)C(C)CCNC(=O)CCCCC1=N[C@H]2NCCCC2C=C1. The number of carbonyl (C=O) groups is 2. The summed E-state index contributed by atoms with van der Waals surface area (Å²) >= 11 is 0. The smallest absolute Gasteiger partial charge is 0.308 e. The van der Waals surface area contributed by atoms with Gasteiger partial charge in [-0.05, 0) is 51.1 Å². The number of hydrogen-bond acceptors (Lipinski definition) is 5. The van der Waals surface area contributed by atoms with E-state index in [9.17, 15) is 9.59 Å². The summed E-state index contributed by atoms with van der Waals surface area (Å²) in [4.78, 5) is 27.9. The molecule has 6 nitrogen and oxygen atoms in total. The minimum absolute atomic E-state index is 0.0483. The van der Waals surface area contributed by atoms with Crippen LogP contribution >= 0.6 is 0 Å². The van der Waals surface area contributed by atoms with Gasteiger partial charge in [-0.25, -0.2) is 0 Å². The maximum absolute atomic E-state index is 11.8. The number of aliphatic imine (C=N–C) groups is 1. The maximum atomic E-state index is 11.8. The minimum atomic E-state index is -0.231. The van der Waals surface area contributed by atoms with Gasteiger partial charge < -0.3 is 10.1 Å². The molecule has 140 valence electrons. The molecule has 2 aliphatic heterocycles. The molecule has 0 aromatic rings. The molecule has 1 fully saturated rings. The summed E-state index contributed by atoms with van der Waals surface area (Å²) < 4.78 is 4.67. The van der Waals surface area contributed by atoms with Gasteiger partial charge in [0.1, 0.15) is 6.17 Å². The largest absolute Gasteiger partial charge is 0.469 e. The molecule has 0 spiro atoms. The van der Waals surface area contributed by atoms with Gasteiger partial charge in [-0.1, -0.05) is 13.0 Å². The zero-order chi connectivity index (χ0) is 18.1. The van der Waals surface area contributed by atoms with Crippen LogP contribution in [0.15, 0.2) is 17.1 Å². The van der Waals surface area contributed by atoms with Crippen LogP contribution in [-0.4, -0.2) is 44.0 Å². The number of nitrogens with zero attached hydrogens (tertiary/aromatic N) is 1. The molecule has 25 heavy (non-hydrogen) atoms. The Kier molecular flexibility index (Phi) is 8.12. The molecule has 6 heteroatoms. The number of ether oxygens (including phenoxy) is 1. The second-order valence-corrected chi connectivity index (χ2v) is 6.95. The lowest BCUT2D eigenvalue weighted by molar-refractivity contribution is -0.145. The number of hydrogen-bond donors (Lipinski definition) is 2. The molecule has 0 aromatic carbocycles. The summed E-state index contributed by atoms with van der Waals surface area (Å²) in [5.41, 5.74) is 1.14. The van der Waals surface area contributed by atoms with Gasteiger partial charge in [0.15, 0.2) is 0 Å². The van der Waals surface area contributed by atoms with Gasteiger partial charge in [-0.15, -0.1) is 0 Å². The third kappa shape index (κ3) is 6.61. The first-order valence-corrected chi connectivity index (χ1v) is 9.43. The summed E-state index contributed by atoms with van der Waals surface area (Å²) in [5.74, 6) is 0.187. The average molecular weight is 349 g/mol. The van der Waals surface area contributed by atoms with E-state index in [0.717, 1.165) is 31.5 Å². The molecule has 2 unspecified atom stereocenters. The predicted molar refractivity (Wildman–Crippen MR) is 98.4 cm³/mol. The van der Waals surface area contributed by atoms with Crippen molar-refractivity contribution in [2.75, 3.05) is 20.2 Å². The monoisotopic (exact) mass is 349 g/mol. The van der Waals surface area contributed by atoms with Crippen molar-refractivity contribution in [3.05, 3.63) is 12.2 Å². The molecule has 0 saturated carbocycles. The number of esters is 1. The third-order valence-electron chi connectivity index (χ3n) is 4.90. The highest BCUT2D eigenvalue weighted by atomic mass is 16.5. The molecule has 0 aliphatic carbocycles. The molecule has 0 radical (unpaired) electrons. The van der Waals surface area contributed by atoms with Gasteiger partial charge in [-0.3, -0.25) is 19.9 Å². The highest BCUT2D eigenvalue weighted by Gasteiger charge is 2.24. The fourth-order valence-electron chi connectivity index (χ4n) is 3.27. The van der Waals surface area contributed by atoms with Crippen molar-refractivity contribution in [1.82, 2.24) is 10.6 Å². The molecule has 2 rings (SSSR count). The highest BCUT2D eigenvalue weighted by Crippen LogP contribution is 2.23. The van der Waals surface area contributed by atoms with Crippen molar-refractivity contribution in [3.8, 4) is 0 Å². The van der Waals surface area contributed by atoms with Crippen molar-refractivity contribution in [1.29, 1.82) is 0 Å². The van der Waals surface area contributed by atoms with Crippen LogP contribution in [0, 0.1) is 11.8 Å². The second-order valence-electron chi connectivity index (χ2n) is 6.95. The van der Waals surface area contributed by atoms with Gasteiger partial charge in [0.2, 0.25) is 5.91 Å². The van der Waals surface area contributed by atoms with Crippen LogP contribution in [0.2, 0.25) is 0 Å². The zero-order valence-electron chi connectivity index (χ0n) is 15.4. The van der Waals surface area contributed by atoms with Crippen molar-refractivity contribution in [2.45, 2.75) is 58.0 Å². The van der Waals surface area contributed by atoms with Gasteiger partial charge in [-0.2, -0.15) is 0 Å². The molecular weight excluding hydrogens is 318 g/mol. The Labute approximate surface area is 150 Å². The summed E-state index contributed by atoms with van der Waals surface area (Å²) in [6.45, 7) is 3.38. The number of nitrogens with one attached hydrogen (secondary N) is 2. The fraction of sp³-hybridized carbons (Fsp3) is 0.737. The number of piperidine rings is 1. The van der Waals surface area contributed by atoms with Gasteiger partial charge in [0, 0.05) is 24.6 Å². The first-order valence-electron chi connectivity index (χ1n) is 9.43. The van der Waals surface area contributed by atoms with E-state index in [1.807, 2.05) is 6.92 Å². The first kappa shape index (κ1) is 19.6. The van der Waals surface area contributed by atoms with E-state index in [4.69, 9.17) is 4.99 Å². The van der Waals surface area contributed by atoms with Crippen LogP contribution in [0.25, 0.3) is 0 Å². The highest BCUT2D eigenvalue weighted by molar-refractivity contribution is 5.95. The quantitative estimate of drug-likeness (QED) is 0.494. The zero-order valence-corrected chi connectivity index (χ0v) is 15.4. The number of fused-ring (bicyclic) bond motifs is 1. The number of unbranched alkanes of at least 4 members (excludes halogenated alkanes) is 1. The summed E-state index contributed by atoms with van der Waals surface area (Å²) in [6, 6.07) is 0. The number of carbonyl (C=O) groups excluding carboxylic acids is 2. The van der Waals surface area contributed by atoms with Crippen molar-refractivity contribution >= 4 is 17.6 Å². The van der Waals surface area contributed by atoms with Gasteiger partial charge in [0.25, 0.3) is 0 Å². The minimum Gasteiger partial charge on any atom is -0.469 e. The lowest BCUT2D eigenvalue weighted by Crippen LogP contribution is -2.41. The van der Waals surface area contributed by atoms with Crippen LogP contribution < -0.4 is 10.6 Å². The Bertz CT molecular complexity index is 516. The topological polar surface area (TPSA) is 79.8 Å². The van der Waals surface area contributed by atoms with Crippen LogP contribution in [-0.2, 0) is 14.3 Å². The van der Waals surface area contributed by atoms with E-state index in [-0.39, 0.29) is 24.0 Å². The Morgan fingerprint density at radius 3 is 3.08 bits per heavy atom.